The molecule has 0 aliphatic carbocycles. The van der Waals surface area contributed by atoms with Crippen molar-refractivity contribution < 1.29 is 14.2 Å². The molecule has 84 valence electrons. The maximum absolute atomic E-state index is 13.4. The van der Waals surface area contributed by atoms with E-state index in [0.717, 1.165) is 12.8 Å². The van der Waals surface area contributed by atoms with E-state index < -0.39 is 0 Å². The van der Waals surface area contributed by atoms with Crippen LogP contribution in [-0.2, 0) is 6.42 Å². The van der Waals surface area contributed by atoms with Crippen LogP contribution in [0, 0.1) is 5.82 Å². The van der Waals surface area contributed by atoms with E-state index in [1.165, 1.54) is 19.2 Å². The third kappa shape index (κ3) is 3.09. The normalized spacial score (nSPS) is 10.3. The molecule has 0 radical (unpaired) electrons. The lowest BCUT2D eigenvalue weighted by atomic mass is 10.1. The molecule has 0 saturated heterocycles. The number of halogens is 1. The van der Waals surface area contributed by atoms with E-state index in [1.807, 2.05) is 0 Å². The van der Waals surface area contributed by atoms with Gasteiger partial charge in [0.05, 0.1) is 7.11 Å². The van der Waals surface area contributed by atoms with Crippen LogP contribution in [0.25, 0.3) is 0 Å². The van der Waals surface area contributed by atoms with Crippen molar-refractivity contribution in [1.82, 2.24) is 0 Å². The van der Waals surface area contributed by atoms with Crippen molar-refractivity contribution in [1.29, 1.82) is 0 Å². The topological polar surface area (TPSA) is 55.5 Å². The lowest BCUT2D eigenvalue weighted by molar-refractivity contribution is 0.369. The molecule has 0 unspecified atom stereocenters. The zero-order valence-corrected chi connectivity index (χ0v) is 8.79. The van der Waals surface area contributed by atoms with Gasteiger partial charge in [-0.15, -0.1) is 0 Å². The van der Waals surface area contributed by atoms with Gasteiger partial charge in [0.25, 0.3) is 0 Å². The summed E-state index contributed by atoms with van der Waals surface area (Å²) in [7, 11) is 1.39. The summed E-state index contributed by atoms with van der Waals surface area (Å²) in [5.74, 6) is -0.210. The Kier molecular flexibility index (Phi) is 4.37. The largest absolute Gasteiger partial charge is 0.504 e. The van der Waals surface area contributed by atoms with E-state index in [0.29, 0.717) is 18.5 Å². The zero-order valence-electron chi connectivity index (χ0n) is 8.79. The average Bonchev–Trinajstić information content (AvgIpc) is 2.23. The summed E-state index contributed by atoms with van der Waals surface area (Å²) in [5.41, 5.74) is 5.84. The van der Waals surface area contributed by atoms with Gasteiger partial charge >= 0.3 is 0 Å². The average molecular weight is 213 g/mol. The standard InChI is InChI=1S/C11H16FNO2/c1-15-11-7-9(12)8(6-10(11)14)4-2-3-5-13/h6-7,14H,2-5,13H2,1H3. The summed E-state index contributed by atoms with van der Waals surface area (Å²) < 4.78 is 18.2. The monoisotopic (exact) mass is 213 g/mol. The molecule has 0 saturated carbocycles. The van der Waals surface area contributed by atoms with Gasteiger partial charge in [-0.05, 0) is 37.4 Å². The van der Waals surface area contributed by atoms with Gasteiger partial charge < -0.3 is 15.6 Å². The number of rotatable bonds is 5. The van der Waals surface area contributed by atoms with Crippen LogP contribution in [0.3, 0.4) is 0 Å². The summed E-state index contributed by atoms with van der Waals surface area (Å²) >= 11 is 0. The fourth-order valence-electron chi connectivity index (χ4n) is 1.40. The van der Waals surface area contributed by atoms with Crippen molar-refractivity contribution in [2.45, 2.75) is 19.3 Å². The van der Waals surface area contributed by atoms with Gasteiger partial charge in [-0.2, -0.15) is 0 Å². The van der Waals surface area contributed by atoms with Crippen LogP contribution in [0.5, 0.6) is 11.5 Å². The highest BCUT2D eigenvalue weighted by Gasteiger charge is 2.08. The number of hydrogen-bond acceptors (Lipinski definition) is 3. The highest BCUT2D eigenvalue weighted by molar-refractivity contribution is 5.42. The number of aromatic hydroxyl groups is 1. The number of phenols is 1. The number of ether oxygens (including phenoxy) is 1. The molecule has 1 rings (SSSR count). The molecule has 0 atom stereocenters. The van der Waals surface area contributed by atoms with Crippen LogP contribution in [0.15, 0.2) is 12.1 Å². The quantitative estimate of drug-likeness (QED) is 0.733. The number of unbranched alkanes of at least 4 members (excludes halogenated alkanes) is 1. The molecule has 1 aromatic rings. The maximum atomic E-state index is 13.4. The van der Waals surface area contributed by atoms with Crippen LogP contribution in [0.2, 0.25) is 0 Å². The Bertz CT molecular complexity index is 329. The second-order valence-corrected chi connectivity index (χ2v) is 3.36. The summed E-state index contributed by atoms with van der Waals surface area (Å²) in [4.78, 5) is 0. The van der Waals surface area contributed by atoms with Crippen LogP contribution in [0.1, 0.15) is 18.4 Å². The number of phenolic OH excluding ortho intramolecular Hbond substituents is 1. The van der Waals surface area contributed by atoms with E-state index in [2.05, 4.69) is 0 Å². The van der Waals surface area contributed by atoms with Gasteiger partial charge in [0.1, 0.15) is 5.82 Å². The smallest absolute Gasteiger partial charge is 0.163 e. The molecular formula is C11H16FNO2. The van der Waals surface area contributed by atoms with Gasteiger partial charge in [-0.1, -0.05) is 0 Å². The fourth-order valence-corrected chi connectivity index (χ4v) is 1.40. The second kappa shape index (κ2) is 5.56. The first-order chi connectivity index (χ1) is 7.19. The second-order valence-electron chi connectivity index (χ2n) is 3.36. The lowest BCUT2D eigenvalue weighted by Crippen LogP contribution is -2.00. The number of hydrogen-bond donors (Lipinski definition) is 2. The predicted octanol–water partition coefficient (Wildman–Crippen LogP) is 1.82. The number of methoxy groups -OCH3 is 1. The van der Waals surface area contributed by atoms with Gasteiger partial charge in [-0.25, -0.2) is 4.39 Å². The van der Waals surface area contributed by atoms with E-state index >= 15 is 0 Å². The molecule has 3 nitrogen and oxygen atoms in total. The van der Waals surface area contributed by atoms with E-state index in [9.17, 15) is 9.50 Å². The Morgan fingerprint density at radius 3 is 2.73 bits per heavy atom. The van der Waals surface area contributed by atoms with Crippen LogP contribution in [0.4, 0.5) is 4.39 Å². The van der Waals surface area contributed by atoms with E-state index in [4.69, 9.17) is 10.5 Å². The van der Waals surface area contributed by atoms with Gasteiger partial charge in [0.2, 0.25) is 0 Å². The molecule has 0 aliphatic rings. The maximum Gasteiger partial charge on any atom is 0.163 e. The minimum Gasteiger partial charge on any atom is -0.504 e. The molecule has 0 fully saturated rings. The Hall–Kier alpha value is -1.29. The number of benzene rings is 1. The molecule has 0 amide bonds. The zero-order chi connectivity index (χ0) is 11.3. The number of nitrogens with two attached hydrogens (primary N) is 1. The minimum absolute atomic E-state index is 0.0263. The minimum atomic E-state index is -0.346. The van der Waals surface area contributed by atoms with Gasteiger partial charge in [-0.3, -0.25) is 0 Å². The lowest BCUT2D eigenvalue weighted by Gasteiger charge is -2.07. The van der Waals surface area contributed by atoms with Crippen molar-refractivity contribution in [3.8, 4) is 11.5 Å². The molecule has 0 aliphatic heterocycles. The van der Waals surface area contributed by atoms with Gasteiger partial charge in [0.15, 0.2) is 11.5 Å². The first-order valence-electron chi connectivity index (χ1n) is 4.94. The molecular weight excluding hydrogens is 197 g/mol. The van der Waals surface area contributed by atoms with Crippen LogP contribution >= 0.6 is 0 Å². The summed E-state index contributed by atoms with van der Waals surface area (Å²) in [5, 5.41) is 9.46. The highest BCUT2D eigenvalue weighted by Crippen LogP contribution is 2.29. The van der Waals surface area contributed by atoms with E-state index in [-0.39, 0.29) is 17.3 Å². The summed E-state index contributed by atoms with van der Waals surface area (Å²) in [6.07, 6.45) is 2.26. The third-order valence-corrected chi connectivity index (χ3v) is 2.25. The first kappa shape index (κ1) is 11.8. The van der Waals surface area contributed by atoms with Crippen LogP contribution < -0.4 is 10.5 Å². The van der Waals surface area contributed by atoms with Crippen LogP contribution in [-0.4, -0.2) is 18.8 Å². The molecule has 0 bridgehead atoms. The molecule has 15 heavy (non-hydrogen) atoms. The Balaban J connectivity index is 2.76. The number of aryl methyl sites for hydroxylation is 1. The molecule has 0 spiro atoms. The predicted molar refractivity (Wildman–Crippen MR) is 56.6 cm³/mol. The Morgan fingerprint density at radius 1 is 1.40 bits per heavy atom. The highest BCUT2D eigenvalue weighted by atomic mass is 19.1. The molecule has 0 aromatic heterocycles. The third-order valence-electron chi connectivity index (χ3n) is 2.25. The van der Waals surface area contributed by atoms with Crippen molar-refractivity contribution in [3.05, 3.63) is 23.5 Å². The van der Waals surface area contributed by atoms with Crippen molar-refractivity contribution in [2.75, 3.05) is 13.7 Å². The SMILES string of the molecule is COc1cc(F)c(CCCCN)cc1O. The molecule has 0 heterocycles. The van der Waals surface area contributed by atoms with Crippen molar-refractivity contribution >= 4 is 0 Å². The first-order valence-corrected chi connectivity index (χ1v) is 4.94. The van der Waals surface area contributed by atoms with E-state index in [1.54, 1.807) is 0 Å². The molecule has 4 heteroatoms. The van der Waals surface area contributed by atoms with Crippen molar-refractivity contribution in [2.24, 2.45) is 5.73 Å². The summed E-state index contributed by atoms with van der Waals surface area (Å²) in [6.45, 7) is 0.601. The Labute approximate surface area is 88.7 Å². The molecule has 1 aromatic carbocycles. The Morgan fingerprint density at radius 2 is 2.13 bits per heavy atom. The van der Waals surface area contributed by atoms with Crippen molar-refractivity contribution in [3.63, 3.8) is 0 Å². The summed E-state index contributed by atoms with van der Waals surface area (Å²) in [6, 6.07) is 2.61. The fraction of sp³-hybridized carbons (Fsp3) is 0.455. The van der Waals surface area contributed by atoms with Gasteiger partial charge in [0, 0.05) is 6.07 Å². The molecule has 3 N–H and O–H groups in total.